The van der Waals surface area contributed by atoms with Gasteiger partial charge in [-0.1, -0.05) is 18.2 Å². The molecule has 2 rings (SSSR count). The van der Waals surface area contributed by atoms with Gasteiger partial charge in [0.2, 0.25) is 0 Å². The van der Waals surface area contributed by atoms with Gasteiger partial charge in [0.25, 0.3) is 0 Å². The van der Waals surface area contributed by atoms with Gasteiger partial charge in [-0.25, -0.2) is 4.39 Å². The summed E-state index contributed by atoms with van der Waals surface area (Å²) in [6.07, 6.45) is 1.61. The summed E-state index contributed by atoms with van der Waals surface area (Å²) >= 11 is 0. The third-order valence-electron chi connectivity index (χ3n) is 3.36. The fourth-order valence-corrected chi connectivity index (χ4v) is 2.28. The topological polar surface area (TPSA) is 53.1 Å². The molecule has 0 aliphatic carbocycles. The van der Waals surface area contributed by atoms with Crippen molar-refractivity contribution in [2.24, 2.45) is 5.73 Å². The molecule has 1 aromatic heterocycles. The average molecular weight is 277 g/mol. The number of aromatic nitrogens is 2. The number of hydrogen-bond donors (Lipinski definition) is 1. The Kier molecular flexibility index (Phi) is 4.09. The van der Waals surface area contributed by atoms with Crippen molar-refractivity contribution in [1.29, 1.82) is 0 Å². The standard InChI is InChI=1S/C15H20FN3O/c1-9(2)19-15(12(20-4)8-18-19)14(17)11-7-5-6-10(3)13(11)16/h5-9,14H,17H2,1-4H3. The number of nitrogens with zero attached hydrogens (tertiary/aromatic N) is 2. The van der Waals surface area contributed by atoms with Crippen molar-refractivity contribution < 1.29 is 9.13 Å². The van der Waals surface area contributed by atoms with E-state index in [2.05, 4.69) is 5.10 Å². The van der Waals surface area contributed by atoms with Crippen LogP contribution in [0, 0.1) is 12.7 Å². The summed E-state index contributed by atoms with van der Waals surface area (Å²) in [6.45, 7) is 5.72. The molecule has 1 aromatic carbocycles. The molecule has 0 bridgehead atoms. The van der Waals surface area contributed by atoms with E-state index in [0.717, 1.165) is 0 Å². The predicted octanol–water partition coefficient (Wildman–Crippen LogP) is 2.97. The van der Waals surface area contributed by atoms with Gasteiger partial charge in [-0.05, 0) is 26.3 Å². The molecule has 1 atom stereocenters. The minimum Gasteiger partial charge on any atom is -0.493 e. The smallest absolute Gasteiger partial charge is 0.161 e. The molecule has 2 aromatic rings. The number of nitrogens with two attached hydrogens (primary N) is 1. The second-order valence-electron chi connectivity index (χ2n) is 5.09. The molecular formula is C15H20FN3O. The highest BCUT2D eigenvalue weighted by Crippen LogP contribution is 2.31. The maximum atomic E-state index is 14.3. The monoisotopic (exact) mass is 277 g/mol. The van der Waals surface area contributed by atoms with Gasteiger partial charge < -0.3 is 10.5 Å². The van der Waals surface area contributed by atoms with Crippen LogP contribution >= 0.6 is 0 Å². The molecule has 1 heterocycles. The molecule has 5 heteroatoms. The molecular weight excluding hydrogens is 257 g/mol. The minimum atomic E-state index is -0.616. The van der Waals surface area contributed by atoms with Crippen LogP contribution in [0.4, 0.5) is 4.39 Å². The van der Waals surface area contributed by atoms with Crippen molar-refractivity contribution >= 4 is 0 Å². The van der Waals surface area contributed by atoms with Crippen molar-refractivity contribution in [2.75, 3.05) is 7.11 Å². The highest BCUT2D eigenvalue weighted by Gasteiger charge is 2.24. The second kappa shape index (κ2) is 5.63. The van der Waals surface area contributed by atoms with E-state index < -0.39 is 6.04 Å². The Hall–Kier alpha value is -1.88. The fourth-order valence-electron chi connectivity index (χ4n) is 2.28. The van der Waals surface area contributed by atoms with E-state index in [1.54, 1.807) is 43.1 Å². The lowest BCUT2D eigenvalue weighted by Gasteiger charge is -2.19. The lowest BCUT2D eigenvalue weighted by atomic mass is 10.0. The molecule has 2 N–H and O–H groups in total. The van der Waals surface area contributed by atoms with E-state index in [1.165, 1.54) is 0 Å². The maximum absolute atomic E-state index is 14.3. The van der Waals surface area contributed by atoms with Gasteiger partial charge in [0.05, 0.1) is 19.3 Å². The van der Waals surface area contributed by atoms with Crippen molar-refractivity contribution in [2.45, 2.75) is 32.9 Å². The van der Waals surface area contributed by atoms with Crippen LogP contribution in [0.3, 0.4) is 0 Å². The van der Waals surface area contributed by atoms with Gasteiger partial charge >= 0.3 is 0 Å². The summed E-state index contributed by atoms with van der Waals surface area (Å²) in [5.41, 5.74) is 7.98. The quantitative estimate of drug-likeness (QED) is 0.934. The van der Waals surface area contributed by atoms with Crippen LogP contribution in [-0.4, -0.2) is 16.9 Å². The molecule has 0 saturated heterocycles. The Morgan fingerprint density at radius 2 is 2.05 bits per heavy atom. The van der Waals surface area contributed by atoms with E-state index in [9.17, 15) is 4.39 Å². The maximum Gasteiger partial charge on any atom is 0.161 e. The van der Waals surface area contributed by atoms with Crippen molar-refractivity contribution in [3.63, 3.8) is 0 Å². The van der Waals surface area contributed by atoms with E-state index in [1.807, 2.05) is 13.8 Å². The summed E-state index contributed by atoms with van der Waals surface area (Å²) in [7, 11) is 1.56. The van der Waals surface area contributed by atoms with Crippen LogP contribution < -0.4 is 10.5 Å². The molecule has 20 heavy (non-hydrogen) atoms. The summed E-state index contributed by atoms with van der Waals surface area (Å²) in [6, 6.07) is 4.73. The van der Waals surface area contributed by atoms with Gasteiger partial charge in [-0.2, -0.15) is 5.10 Å². The molecule has 108 valence electrons. The zero-order chi connectivity index (χ0) is 14.9. The van der Waals surface area contributed by atoms with Gasteiger partial charge in [-0.15, -0.1) is 0 Å². The Labute approximate surface area is 118 Å². The largest absolute Gasteiger partial charge is 0.493 e. The number of aryl methyl sites for hydroxylation is 1. The average Bonchev–Trinajstić information content (AvgIpc) is 2.85. The number of hydrogen-bond acceptors (Lipinski definition) is 3. The Morgan fingerprint density at radius 3 is 2.65 bits per heavy atom. The minimum absolute atomic E-state index is 0.118. The molecule has 0 radical (unpaired) electrons. The van der Waals surface area contributed by atoms with Crippen LogP contribution in [0.25, 0.3) is 0 Å². The first-order valence-corrected chi connectivity index (χ1v) is 6.59. The Balaban J connectivity index is 2.55. The van der Waals surface area contributed by atoms with Crippen LogP contribution in [0.15, 0.2) is 24.4 Å². The summed E-state index contributed by atoms with van der Waals surface area (Å²) < 4.78 is 21.3. The molecule has 1 unspecified atom stereocenters. The van der Waals surface area contributed by atoms with E-state index >= 15 is 0 Å². The van der Waals surface area contributed by atoms with Crippen molar-refractivity contribution in [3.05, 3.63) is 47.0 Å². The first-order valence-electron chi connectivity index (χ1n) is 6.59. The third kappa shape index (κ3) is 2.41. The fraction of sp³-hybridized carbons (Fsp3) is 0.400. The molecule has 0 spiro atoms. The lowest BCUT2D eigenvalue weighted by Crippen LogP contribution is -2.20. The Morgan fingerprint density at radius 1 is 1.35 bits per heavy atom. The zero-order valence-corrected chi connectivity index (χ0v) is 12.2. The van der Waals surface area contributed by atoms with Gasteiger partial charge in [0, 0.05) is 11.6 Å². The summed E-state index contributed by atoms with van der Waals surface area (Å²) in [5, 5.41) is 4.27. The first-order chi connectivity index (χ1) is 9.47. The molecule has 4 nitrogen and oxygen atoms in total. The summed E-state index contributed by atoms with van der Waals surface area (Å²) in [4.78, 5) is 0. The number of benzene rings is 1. The number of halogens is 1. The number of rotatable bonds is 4. The van der Waals surface area contributed by atoms with Crippen LogP contribution in [-0.2, 0) is 0 Å². The lowest BCUT2D eigenvalue weighted by molar-refractivity contribution is 0.400. The van der Waals surface area contributed by atoms with Crippen LogP contribution in [0.2, 0.25) is 0 Å². The first kappa shape index (κ1) is 14.5. The molecule has 0 aliphatic rings. The number of ether oxygens (including phenoxy) is 1. The van der Waals surface area contributed by atoms with Gasteiger partial charge in [0.1, 0.15) is 11.5 Å². The van der Waals surface area contributed by atoms with Crippen LogP contribution in [0.5, 0.6) is 5.75 Å². The Bertz CT molecular complexity index is 607. The predicted molar refractivity (Wildman–Crippen MR) is 76.3 cm³/mol. The second-order valence-corrected chi connectivity index (χ2v) is 5.09. The van der Waals surface area contributed by atoms with Gasteiger partial charge in [0.15, 0.2) is 5.75 Å². The molecule has 0 saturated carbocycles. The SMILES string of the molecule is COc1cnn(C(C)C)c1C(N)c1cccc(C)c1F. The molecule has 0 aliphatic heterocycles. The van der Waals surface area contributed by atoms with E-state index in [0.29, 0.717) is 22.6 Å². The molecule has 0 fully saturated rings. The van der Waals surface area contributed by atoms with Crippen molar-refractivity contribution in [1.82, 2.24) is 9.78 Å². The van der Waals surface area contributed by atoms with Crippen molar-refractivity contribution in [3.8, 4) is 5.75 Å². The number of methoxy groups -OCH3 is 1. The molecule has 0 amide bonds. The van der Waals surface area contributed by atoms with E-state index in [4.69, 9.17) is 10.5 Å². The highest BCUT2D eigenvalue weighted by atomic mass is 19.1. The normalized spacial score (nSPS) is 12.8. The third-order valence-corrected chi connectivity index (χ3v) is 3.36. The highest BCUT2D eigenvalue weighted by molar-refractivity contribution is 5.38. The van der Waals surface area contributed by atoms with E-state index in [-0.39, 0.29) is 11.9 Å². The zero-order valence-electron chi connectivity index (χ0n) is 12.2. The van der Waals surface area contributed by atoms with Gasteiger partial charge in [-0.3, -0.25) is 4.68 Å². The summed E-state index contributed by atoms with van der Waals surface area (Å²) in [5.74, 6) is 0.297. The van der Waals surface area contributed by atoms with Crippen LogP contribution in [0.1, 0.15) is 42.8 Å².